The predicted octanol–water partition coefficient (Wildman–Crippen LogP) is 4.98. The van der Waals surface area contributed by atoms with E-state index in [0.717, 1.165) is 22.4 Å². The Morgan fingerprint density at radius 3 is 2.09 bits per heavy atom. The van der Waals surface area contributed by atoms with Crippen molar-refractivity contribution in [2.45, 2.75) is 25.8 Å². The molecule has 0 heterocycles. The summed E-state index contributed by atoms with van der Waals surface area (Å²) >= 11 is 0. The monoisotopic (exact) mass is 476 g/mol. The number of methoxy groups -OCH3 is 1. The minimum atomic E-state index is -1.20. The van der Waals surface area contributed by atoms with Crippen LogP contribution >= 0.6 is 0 Å². The number of anilines is 2. The molecule has 0 saturated heterocycles. The van der Waals surface area contributed by atoms with Gasteiger partial charge in [0.05, 0.1) is 13.7 Å². The van der Waals surface area contributed by atoms with Gasteiger partial charge in [-0.25, -0.2) is 9.59 Å². The summed E-state index contributed by atoms with van der Waals surface area (Å²) < 4.78 is 10.2. The van der Waals surface area contributed by atoms with E-state index in [4.69, 9.17) is 9.47 Å². The van der Waals surface area contributed by atoms with Crippen LogP contribution in [-0.4, -0.2) is 43.3 Å². The number of aryl methyl sites for hydroxylation is 1. The largest absolute Gasteiger partial charge is 0.497 e. The Morgan fingerprint density at radius 2 is 1.57 bits per heavy atom. The highest BCUT2D eigenvalue weighted by molar-refractivity contribution is 5.88. The zero-order valence-corrected chi connectivity index (χ0v) is 19.6. The molecule has 0 unspecified atom stereocenters. The second-order valence-electron chi connectivity index (χ2n) is 7.74. The van der Waals surface area contributed by atoms with Crippen molar-refractivity contribution < 1.29 is 29.0 Å². The van der Waals surface area contributed by atoms with Gasteiger partial charge in [-0.3, -0.25) is 10.1 Å². The molecular weight excluding hydrogens is 448 g/mol. The minimum Gasteiger partial charge on any atom is -0.497 e. The van der Waals surface area contributed by atoms with E-state index in [-0.39, 0.29) is 13.0 Å². The molecule has 0 aliphatic rings. The third-order valence-electron chi connectivity index (χ3n) is 5.56. The molecule has 0 aliphatic carbocycles. The van der Waals surface area contributed by atoms with Crippen LogP contribution in [0.15, 0.2) is 72.8 Å². The molecule has 2 N–H and O–H groups in total. The van der Waals surface area contributed by atoms with Crippen molar-refractivity contribution in [1.29, 1.82) is 0 Å². The van der Waals surface area contributed by atoms with E-state index in [9.17, 15) is 19.5 Å². The Bertz CT molecular complexity index is 1130. The number of carboxylic acids is 1. The first-order valence-corrected chi connectivity index (χ1v) is 11.2. The molecule has 0 fully saturated rings. The van der Waals surface area contributed by atoms with E-state index < -0.39 is 18.1 Å². The Hall–Kier alpha value is -4.33. The van der Waals surface area contributed by atoms with Crippen LogP contribution in [0.25, 0.3) is 11.1 Å². The van der Waals surface area contributed by atoms with Crippen LogP contribution in [0.4, 0.5) is 16.2 Å². The highest BCUT2D eigenvalue weighted by atomic mass is 16.5. The van der Waals surface area contributed by atoms with E-state index in [0.29, 0.717) is 23.5 Å². The van der Waals surface area contributed by atoms with Gasteiger partial charge in [0.1, 0.15) is 11.8 Å². The lowest BCUT2D eigenvalue weighted by Gasteiger charge is -2.25. The number of carbonyl (C=O) groups is 3. The zero-order chi connectivity index (χ0) is 25.2. The minimum absolute atomic E-state index is 0.0790. The Labute approximate surface area is 204 Å². The number of hydrogen-bond acceptors (Lipinski definition) is 5. The number of rotatable bonds is 11. The van der Waals surface area contributed by atoms with Crippen molar-refractivity contribution in [2.75, 3.05) is 23.9 Å². The number of hydrogen-bond donors (Lipinski definition) is 2. The summed E-state index contributed by atoms with van der Waals surface area (Å²) in [6.45, 7) is 1.90. The molecule has 0 saturated carbocycles. The Morgan fingerprint density at radius 1 is 0.971 bits per heavy atom. The van der Waals surface area contributed by atoms with Crippen LogP contribution in [0, 0.1) is 0 Å². The van der Waals surface area contributed by atoms with Crippen LogP contribution in [0.3, 0.4) is 0 Å². The third kappa shape index (κ3) is 6.83. The van der Waals surface area contributed by atoms with Crippen LogP contribution < -0.4 is 15.0 Å². The van der Waals surface area contributed by atoms with Gasteiger partial charge in [-0.2, -0.15) is 0 Å². The summed E-state index contributed by atoms with van der Waals surface area (Å²) in [5.74, 6) is -0.555. The van der Waals surface area contributed by atoms with Gasteiger partial charge in [-0.05, 0) is 59.5 Å². The maximum Gasteiger partial charge on any atom is 0.411 e. The first-order valence-electron chi connectivity index (χ1n) is 11.2. The van der Waals surface area contributed by atoms with Gasteiger partial charge in [0.25, 0.3) is 0 Å². The number of amides is 2. The van der Waals surface area contributed by atoms with E-state index >= 15 is 0 Å². The third-order valence-corrected chi connectivity index (χ3v) is 5.56. The molecule has 0 bridgehead atoms. The van der Waals surface area contributed by atoms with Gasteiger partial charge in [0.15, 0.2) is 0 Å². The number of nitrogens with zero attached hydrogens (tertiary/aromatic N) is 1. The topological polar surface area (TPSA) is 105 Å². The van der Waals surface area contributed by atoms with Crippen molar-refractivity contribution in [3.05, 3.63) is 78.4 Å². The number of benzene rings is 3. The number of carboxylic acid groups (broad SMARTS) is 1. The van der Waals surface area contributed by atoms with Gasteiger partial charge >= 0.3 is 12.1 Å². The van der Waals surface area contributed by atoms with Crippen LogP contribution in [-0.2, 0) is 20.7 Å². The summed E-state index contributed by atoms with van der Waals surface area (Å²) in [6.07, 6.45) is 0.623. The van der Waals surface area contributed by atoms with Crippen LogP contribution in [0.1, 0.15) is 18.9 Å². The fraction of sp³-hybridized carbons (Fsp3) is 0.222. The molecule has 3 aromatic rings. The molecule has 3 rings (SSSR count). The fourth-order valence-corrected chi connectivity index (χ4v) is 3.55. The van der Waals surface area contributed by atoms with Crippen molar-refractivity contribution in [1.82, 2.24) is 0 Å². The Balaban J connectivity index is 1.61. The molecule has 182 valence electrons. The molecule has 0 aliphatic heterocycles. The van der Waals surface area contributed by atoms with Gasteiger partial charge in [0, 0.05) is 17.8 Å². The van der Waals surface area contributed by atoms with E-state index in [1.165, 1.54) is 12.7 Å². The average Bonchev–Trinajstić information content (AvgIpc) is 2.89. The number of nitrogens with one attached hydrogen (secondary N) is 1. The lowest BCUT2D eigenvalue weighted by molar-refractivity contribution is -0.139. The summed E-state index contributed by atoms with van der Waals surface area (Å²) in [5.41, 5.74) is 4.15. The quantitative estimate of drug-likeness (QED) is 0.378. The van der Waals surface area contributed by atoms with Crippen molar-refractivity contribution >= 4 is 29.8 Å². The van der Waals surface area contributed by atoms with Crippen LogP contribution in [0.2, 0.25) is 0 Å². The molecule has 8 nitrogen and oxygen atoms in total. The van der Waals surface area contributed by atoms with E-state index in [2.05, 4.69) is 24.4 Å². The molecule has 0 aromatic heterocycles. The molecule has 1 atom stereocenters. The second-order valence-corrected chi connectivity index (χ2v) is 7.74. The standard InChI is InChI=1S/C27H28N2O6/c1-3-19-4-6-20(7-5-19)21-8-12-23(13-9-21)29(18-30)25(26(31)32)16-17-35-27(33)28-22-10-14-24(34-2)15-11-22/h4-15,18,25H,3,16-17H2,1-2H3,(H,28,33)(H,31,32)/t25-/m0/s1. The highest BCUT2D eigenvalue weighted by Gasteiger charge is 2.26. The Kier molecular flexibility index (Phi) is 8.83. The fourth-order valence-electron chi connectivity index (χ4n) is 3.55. The van der Waals surface area contributed by atoms with Crippen molar-refractivity contribution in [3.8, 4) is 16.9 Å². The van der Waals surface area contributed by atoms with Gasteiger partial charge in [-0.1, -0.05) is 43.3 Å². The second kappa shape index (κ2) is 12.2. The smallest absolute Gasteiger partial charge is 0.411 e. The first kappa shape index (κ1) is 25.3. The predicted molar refractivity (Wildman–Crippen MR) is 134 cm³/mol. The molecular formula is C27H28N2O6. The van der Waals surface area contributed by atoms with Gasteiger partial charge < -0.3 is 19.5 Å². The number of aliphatic carboxylic acids is 1. The van der Waals surface area contributed by atoms with Gasteiger partial charge in [0.2, 0.25) is 6.41 Å². The van der Waals surface area contributed by atoms with Crippen molar-refractivity contribution in [3.63, 3.8) is 0 Å². The molecule has 3 aromatic carbocycles. The normalized spacial score (nSPS) is 11.3. The zero-order valence-electron chi connectivity index (χ0n) is 19.6. The molecule has 2 amide bonds. The lowest BCUT2D eigenvalue weighted by Crippen LogP contribution is -2.41. The molecule has 0 spiro atoms. The first-order chi connectivity index (χ1) is 16.9. The summed E-state index contributed by atoms with van der Waals surface area (Å²) in [4.78, 5) is 36.8. The van der Waals surface area contributed by atoms with Gasteiger partial charge in [-0.15, -0.1) is 0 Å². The van der Waals surface area contributed by atoms with Crippen molar-refractivity contribution in [2.24, 2.45) is 0 Å². The lowest BCUT2D eigenvalue weighted by atomic mass is 10.0. The molecule has 8 heteroatoms. The van der Waals surface area contributed by atoms with Crippen LogP contribution in [0.5, 0.6) is 5.75 Å². The summed E-state index contributed by atoms with van der Waals surface area (Å²) in [5, 5.41) is 12.3. The highest BCUT2D eigenvalue weighted by Crippen LogP contribution is 2.25. The average molecular weight is 477 g/mol. The molecule has 35 heavy (non-hydrogen) atoms. The van der Waals surface area contributed by atoms with E-state index in [1.807, 2.05) is 24.3 Å². The molecule has 0 radical (unpaired) electrons. The SMILES string of the molecule is CCc1ccc(-c2ccc(N(C=O)[C@@H](CCOC(=O)Nc3ccc(OC)cc3)C(=O)O)cc2)cc1. The summed E-state index contributed by atoms with van der Waals surface area (Å²) in [7, 11) is 1.54. The maximum absolute atomic E-state index is 12.0. The van der Waals surface area contributed by atoms with E-state index in [1.54, 1.807) is 36.4 Å². The number of carbonyl (C=O) groups excluding carboxylic acids is 2. The maximum atomic E-state index is 12.0. The summed E-state index contributed by atoms with van der Waals surface area (Å²) in [6, 6.07) is 20.7. The number of ether oxygens (including phenoxy) is 2.